The smallest absolute Gasteiger partial charge is 0.304 e. The van der Waals surface area contributed by atoms with E-state index in [4.69, 9.17) is 0 Å². The molecule has 0 bridgehead atoms. The lowest BCUT2D eigenvalue weighted by atomic mass is 9.89. The summed E-state index contributed by atoms with van der Waals surface area (Å²) >= 11 is 0. The Morgan fingerprint density at radius 1 is 1.10 bits per heavy atom. The maximum absolute atomic E-state index is 14.4. The van der Waals surface area contributed by atoms with Gasteiger partial charge in [-0.05, 0) is 60.9 Å². The first-order valence-corrected chi connectivity index (χ1v) is 12.0. The van der Waals surface area contributed by atoms with E-state index in [1.807, 2.05) is 13.0 Å². The van der Waals surface area contributed by atoms with Gasteiger partial charge in [0.1, 0.15) is 12.4 Å². The van der Waals surface area contributed by atoms with Gasteiger partial charge in [0.15, 0.2) is 0 Å². The van der Waals surface area contributed by atoms with Crippen LogP contribution in [0.3, 0.4) is 0 Å². The first kappa shape index (κ1) is 23.2. The summed E-state index contributed by atoms with van der Waals surface area (Å²) in [4.78, 5) is 12.9. The van der Waals surface area contributed by atoms with Crippen LogP contribution in [-0.4, -0.2) is 39.3 Å². The Bertz CT molecular complexity index is 1040. The first-order chi connectivity index (χ1) is 14.7. The first-order valence-electron chi connectivity index (χ1n) is 10.6. The third kappa shape index (κ3) is 5.25. The normalized spacial score (nSPS) is 14.7. The fourth-order valence-corrected chi connectivity index (χ4v) is 4.98. The Morgan fingerprint density at radius 3 is 2.42 bits per heavy atom. The van der Waals surface area contributed by atoms with Gasteiger partial charge in [-0.3, -0.25) is 4.79 Å². The van der Waals surface area contributed by atoms with Crippen LogP contribution in [0.25, 0.3) is 0 Å². The SMILES string of the molecule is CC[C@@H](NC(=O)CN(c1ccccc1F)S(=O)(=O)N(C)C)c1ccc2c(c1)CCCC2. The standard InChI is InChI=1S/C23H30FN3O3S/c1-4-21(19-14-13-17-9-5-6-10-18(17)15-19)25-23(28)16-27(31(29,30)26(2)3)22-12-8-7-11-20(22)24/h7-8,11-15,21H,4-6,9-10,16H2,1-3H3,(H,25,28)/t21-/m1/s1. The van der Waals surface area contributed by atoms with Crippen molar-refractivity contribution in [3.8, 4) is 0 Å². The molecule has 3 rings (SSSR count). The number of rotatable bonds is 8. The van der Waals surface area contributed by atoms with Crippen molar-refractivity contribution in [2.45, 2.75) is 45.1 Å². The number of para-hydroxylation sites is 1. The van der Waals surface area contributed by atoms with Crippen LogP contribution < -0.4 is 9.62 Å². The van der Waals surface area contributed by atoms with E-state index in [-0.39, 0.29) is 11.7 Å². The molecule has 0 spiro atoms. The average molecular weight is 448 g/mol. The van der Waals surface area contributed by atoms with Crippen molar-refractivity contribution in [3.05, 3.63) is 65.0 Å². The molecule has 6 nitrogen and oxygen atoms in total. The number of fused-ring (bicyclic) bond motifs is 1. The van der Waals surface area contributed by atoms with Crippen molar-refractivity contribution in [2.75, 3.05) is 24.9 Å². The van der Waals surface area contributed by atoms with Gasteiger partial charge >= 0.3 is 10.2 Å². The third-order valence-electron chi connectivity index (χ3n) is 5.67. The molecule has 2 aromatic carbocycles. The number of carbonyl (C=O) groups is 1. The minimum absolute atomic E-state index is 0.159. The molecule has 0 aromatic heterocycles. The Balaban J connectivity index is 1.82. The van der Waals surface area contributed by atoms with Crippen LogP contribution in [-0.2, 0) is 27.8 Å². The molecule has 0 saturated carbocycles. The van der Waals surface area contributed by atoms with Crippen molar-refractivity contribution < 1.29 is 17.6 Å². The van der Waals surface area contributed by atoms with Gasteiger partial charge in [-0.15, -0.1) is 0 Å². The second-order valence-corrected chi connectivity index (χ2v) is 10.1. The quantitative estimate of drug-likeness (QED) is 0.672. The van der Waals surface area contributed by atoms with Gasteiger partial charge in [0.2, 0.25) is 5.91 Å². The summed E-state index contributed by atoms with van der Waals surface area (Å²) in [6, 6.07) is 11.6. The molecule has 1 aliphatic carbocycles. The van der Waals surface area contributed by atoms with Crippen molar-refractivity contribution in [3.63, 3.8) is 0 Å². The number of anilines is 1. The Labute approximate surface area is 184 Å². The maximum Gasteiger partial charge on any atom is 0.304 e. The number of hydrogen-bond donors (Lipinski definition) is 1. The number of nitrogens with zero attached hydrogens (tertiary/aromatic N) is 2. The number of halogens is 1. The summed E-state index contributed by atoms with van der Waals surface area (Å²) in [7, 11) is -1.36. The van der Waals surface area contributed by atoms with Gasteiger partial charge in [-0.2, -0.15) is 12.7 Å². The van der Waals surface area contributed by atoms with E-state index in [1.165, 1.54) is 62.3 Å². The maximum atomic E-state index is 14.4. The molecule has 8 heteroatoms. The van der Waals surface area contributed by atoms with Gasteiger partial charge in [-0.1, -0.05) is 37.3 Å². The van der Waals surface area contributed by atoms with E-state index >= 15 is 0 Å². The zero-order valence-corrected chi connectivity index (χ0v) is 19.1. The van der Waals surface area contributed by atoms with Crippen LogP contribution in [0.15, 0.2) is 42.5 Å². The fraction of sp³-hybridized carbons (Fsp3) is 0.435. The van der Waals surface area contributed by atoms with Crippen LogP contribution in [0, 0.1) is 5.82 Å². The summed E-state index contributed by atoms with van der Waals surface area (Å²) in [5.74, 6) is -1.19. The van der Waals surface area contributed by atoms with E-state index in [1.54, 1.807) is 0 Å². The molecule has 0 radical (unpaired) electrons. The third-order valence-corrected chi connectivity index (χ3v) is 7.47. The summed E-state index contributed by atoms with van der Waals surface area (Å²) in [6.45, 7) is 1.46. The van der Waals surface area contributed by atoms with Crippen molar-refractivity contribution in [1.82, 2.24) is 9.62 Å². The van der Waals surface area contributed by atoms with Crippen LogP contribution in [0.5, 0.6) is 0 Å². The molecule has 1 amide bonds. The molecule has 0 unspecified atom stereocenters. The van der Waals surface area contributed by atoms with Gasteiger partial charge in [0, 0.05) is 14.1 Å². The predicted molar refractivity (Wildman–Crippen MR) is 121 cm³/mol. The summed E-state index contributed by atoms with van der Waals surface area (Å²) in [5.41, 5.74) is 3.52. The highest BCUT2D eigenvalue weighted by Crippen LogP contribution is 2.27. The zero-order chi connectivity index (χ0) is 22.6. The fourth-order valence-electron chi connectivity index (χ4n) is 3.90. The van der Waals surface area contributed by atoms with Crippen LogP contribution in [0.1, 0.15) is 48.9 Å². The van der Waals surface area contributed by atoms with Crippen molar-refractivity contribution >= 4 is 21.8 Å². The van der Waals surface area contributed by atoms with Gasteiger partial charge in [0.05, 0.1) is 11.7 Å². The van der Waals surface area contributed by atoms with Crippen molar-refractivity contribution in [1.29, 1.82) is 0 Å². The molecule has 0 heterocycles. The van der Waals surface area contributed by atoms with Gasteiger partial charge < -0.3 is 5.32 Å². The second kappa shape index (κ2) is 9.78. The minimum atomic E-state index is -4.06. The molecule has 2 aromatic rings. The van der Waals surface area contributed by atoms with Crippen LogP contribution in [0.2, 0.25) is 0 Å². The summed E-state index contributed by atoms with van der Waals surface area (Å²) in [6.07, 6.45) is 5.14. The molecule has 168 valence electrons. The molecular weight excluding hydrogens is 417 g/mol. The van der Waals surface area contributed by atoms with E-state index < -0.39 is 28.5 Å². The highest BCUT2D eigenvalue weighted by Gasteiger charge is 2.30. The highest BCUT2D eigenvalue weighted by atomic mass is 32.2. The minimum Gasteiger partial charge on any atom is -0.348 e. The topological polar surface area (TPSA) is 69.7 Å². The summed E-state index contributed by atoms with van der Waals surface area (Å²) < 4.78 is 41.8. The Hall–Kier alpha value is -2.45. The molecule has 1 atom stereocenters. The highest BCUT2D eigenvalue weighted by molar-refractivity contribution is 7.90. The number of carbonyl (C=O) groups excluding carboxylic acids is 1. The Kier molecular flexibility index (Phi) is 7.33. The number of amides is 1. The van der Waals surface area contributed by atoms with Gasteiger partial charge in [-0.25, -0.2) is 8.70 Å². The van der Waals surface area contributed by atoms with E-state index in [9.17, 15) is 17.6 Å². The predicted octanol–water partition coefficient (Wildman–Crippen LogP) is 3.58. The van der Waals surface area contributed by atoms with Crippen molar-refractivity contribution in [2.24, 2.45) is 0 Å². The lowest BCUT2D eigenvalue weighted by molar-refractivity contribution is -0.120. The molecular formula is C23H30FN3O3S. The Morgan fingerprint density at radius 2 is 1.77 bits per heavy atom. The number of benzene rings is 2. The molecule has 1 aliphatic rings. The summed E-state index contributed by atoms with van der Waals surface area (Å²) in [5, 5.41) is 2.93. The van der Waals surface area contributed by atoms with Crippen LogP contribution >= 0.6 is 0 Å². The monoisotopic (exact) mass is 447 g/mol. The lowest BCUT2D eigenvalue weighted by Gasteiger charge is -2.28. The number of aryl methyl sites for hydroxylation is 2. The van der Waals surface area contributed by atoms with Gasteiger partial charge in [0.25, 0.3) is 0 Å². The largest absolute Gasteiger partial charge is 0.348 e. The molecule has 0 fully saturated rings. The lowest BCUT2D eigenvalue weighted by Crippen LogP contribution is -2.46. The van der Waals surface area contributed by atoms with E-state index in [2.05, 4.69) is 17.4 Å². The molecule has 1 N–H and O–H groups in total. The van der Waals surface area contributed by atoms with E-state index in [0.29, 0.717) is 6.42 Å². The molecule has 0 aliphatic heterocycles. The zero-order valence-electron chi connectivity index (χ0n) is 18.3. The molecule has 31 heavy (non-hydrogen) atoms. The average Bonchev–Trinajstić information content (AvgIpc) is 2.76. The number of nitrogens with one attached hydrogen (secondary N) is 1. The second-order valence-electron chi connectivity index (χ2n) is 8.01. The van der Waals surface area contributed by atoms with Crippen LogP contribution in [0.4, 0.5) is 10.1 Å². The molecule has 0 saturated heterocycles. The van der Waals surface area contributed by atoms with E-state index in [0.717, 1.165) is 27.0 Å². The number of hydrogen-bond acceptors (Lipinski definition) is 3.